The van der Waals surface area contributed by atoms with Crippen molar-refractivity contribution in [1.29, 1.82) is 0 Å². The second-order valence-corrected chi connectivity index (χ2v) is 8.33. The van der Waals surface area contributed by atoms with Crippen LogP contribution in [-0.2, 0) is 6.42 Å². The lowest BCUT2D eigenvalue weighted by Crippen LogP contribution is -2.40. The van der Waals surface area contributed by atoms with Gasteiger partial charge >= 0.3 is 0 Å². The van der Waals surface area contributed by atoms with E-state index in [1.54, 1.807) is 0 Å². The summed E-state index contributed by atoms with van der Waals surface area (Å²) in [6.45, 7) is 3.39. The number of nitrogens with zero attached hydrogens (tertiary/aromatic N) is 3. The van der Waals surface area contributed by atoms with E-state index in [4.69, 9.17) is 15.7 Å². The molecule has 3 fully saturated rings. The summed E-state index contributed by atoms with van der Waals surface area (Å²) in [4.78, 5) is 12.0. The maximum Gasteiger partial charge on any atom is 0.222 e. The van der Waals surface area contributed by atoms with Gasteiger partial charge in [0.25, 0.3) is 0 Å². The van der Waals surface area contributed by atoms with E-state index < -0.39 is 0 Å². The molecule has 0 spiro atoms. The van der Waals surface area contributed by atoms with Crippen molar-refractivity contribution in [2.75, 3.05) is 30.3 Å². The fraction of sp³-hybridized carbons (Fsp3) is 0.789. The highest BCUT2D eigenvalue weighted by molar-refractivity contribution is 5.55. The first-order valence-electron chi connectivity index (χ1n) is 9.94. The van der Waals surface area contributed by atoms with E-state index in [-0.39, 0.29) is 0 Å². The summed E-state index contributed by atoms with van der Waals surface area (Å²) in [5.74, 6) is 3.89. The lowest BCUT2D eigenvalue weighted by molar-refractivity contribution is 0.270. The smallest absolute Gasteiger partial charge is 0.222 e. The second-order valence-electron chi connectivity index (χ2n) is 8.33. The summed E-state index contributed by atoms with van der Waals surface area (Å²) >= 11 is 0. The van der Waals surface area contributed by atoms with Crippen molar-refractivity contribution in [3.05, 3.63) is 11.3 Å². The lowest BCUT2D eigenvalue weighted by atomic mass is 9.70. The third kappa shape index (κ3) is 2.40. The minimum atomic E-state index is 0.484. The van der Waals surface area contributed by atoms with E-state index >= 15 is 0 Å². The van der Waals surface area contributed by atoms with Crippen LogP contribution in [0.25, 0.3) is 0 Å². The number of hydrogen-bond acceptors (Lipinski definition) is 5. The van der Waals surface area contributed by atoms with Crippen molar-refractivity contribution in [2.24, 2.45) is 11.8 Å². The van der Waals surface area contributed by atoms with Crippen LogP contribution < -0.4 is 16.0 Å². The van der Waals surface area contributed by atoms with Gasteiger partial charge in [-0.1, -0.05) is 12.8 Å². The summed E-state index contributed by atoms with van der Waals surface area (Å²) < 4.78 is 0. The quantitative estimate of drug-likeness (QED) is 0.829. The number of nitrogen functional groups attached to an aromatic ring is 1. The molecule has 130 valence electrons. The number of hydrogen-bond donors (Lipinski definition) is 2. The van der Waals surface area contributed by atoms with Crippen LogP contribution in [-0.4, -0.2) is 35.6 Å². The number of piperidine rings is 1. The summed E-state index contributed by atoms with van der Waals surface area (Å²) in [6, 6.07) is 0.636. The summed E-state index contributed by atoms with van der Waals surface area (Å²) in [5, 5.41) is 3.70. The van der Waals surface area contributed by atoms with Gasteiger partial charge in [0.05, 0.1) is 5.69 Å². The van der Waals surface area contributed by atoms with Crippen LogP contribution in [0.4, 0.5) is 11.8 Å². The van der Waals surface area contributed by atoms with E-state index in [1.165, 1.54) is 62.7 Å². The van der Waals surface area contributed by atoms with Crippen LogP contribution in [0.5, 0.6) is 0 Å². The highest BCUT2D eigenvalue weighted by atomic mass is 15.3. The molecule has 1 saturated carbocycles. The van der Waals surface area contributed by atoms with Crippen LogP contribution in [0.2, 0.25) is 0 Å². The molecule has 4 atom stereocenters. The molecule has 0 radical (unpaired) electrons. The molecule has 24 heavy (non-hydrogen) atoms. The van der Waals surface area contributed by atoms with Gasteiger partial charge in [0.2, 0.25) is 5.95 Å². The molecule has 5 heteroatoms. The van der Waals surface area contributed by atoms with Gasteiger partial charge in [0.1, 0.15) is 5.82 Å². The Hall–Kier alpha value is -1.36. The van der Waals surface area contributed by atoms with E-state index in [0.29, 0.717) is 17.9 Å². The number of nitrogens with one attached hydrogen (secondary N) is 1. The molecular weight excluding hydrogens is 298 g/mol. The number of anilines is 2. The Morgan fingerprint density at radius 1 is 0.958 bits per heavy atom. The van der Waals surface area contributed by atoms with E-state index in [9.17, 15) is 0 Å². The molecule has 3 N–H and O–H groups in total. The Morgan fingerprint density at radius 3 is 2.75 bits per heavy atom. The van der Waals surface area contributed by atoms with Gasteiger partial charge in [-0.3, -0.25) is 0 Å². The molecule has 3 heterocycles. The van der Waals surface area contributed by atoms with E-state index in [1.807, 2.05) is 0 Å². The third-order valence-electron chi connectivity index (χ3n) is 6.96. The zero-order valence-electron chi connectivity index (χ0n) is 14.5. The predicted molar refractivity (Wildman–Crippen MR) is 96.2 cm³/mol. The van der Waals surface area contributed by atoms with Crippen LogP contribution in [0.1, 0.15) is 62.1 Å². The molecule has 2 aliphatic heterocycles. The molecule has 4 aliphatic rings. The first-order chi connectivity index (χ1) is 11.8. The monoisotopic (exact) mass is 327 g/mol. The molecule has 0 aromatic carbocycles. The van der Waals surface area contributed by atoms with Gasteiger partial charge in [0.15, 0.2) is 0 Å². The molecule has 1 aromatic rings. The molecule has 5 nitrogen and oxygen atoms in total. The van der Waals surface area contributed by atoms with Crippen molar-refractivity contribution in [3.63, 3.8) is 0 Å². The first kappa shape index (κ1) is 14.9. The largest absolute Gasteiger partial charge is 0.368 e. The topological polar surface area (TPSA) is 67.1 Å². The Balaban J connectivity index is 1.50. The fourth-order valence-electron chi connectivity index (χ4n) is 5.78. The molecule has 5 rings (SSSR count). The summed E-state index contributed by atoms with van der Waals surface area (Å²) in [5.41, 5.74) is 8.88. The molecule has 1 aromatic heterocycles. The Kier molecular flexibility index (Phi) is 3.65. The molecular formula is C19H29N5. The molecule has 0 amide bonds. The Labute approximate surface area is 144 Å². The maximum atomic E-state index is 6.15. The van der Waals surface area contributed by atoms with Crippen LogP contribution in [0.3, 0.4) is 0 Å². The van der Waals surface area contributed by atoms with Crippen molar-refractivity contribution in [1.82, 2.24) is 15.3 Å². The van der Waals surface area contributed by atoms with Gasteiger partial charge in [0, 0.05) is 30.6 Å². The van der Waals surface area contributed by atoms with Crippen molar-refractivity contribution >= 4 is 11.8 Å². The van der Waals surface area contributed by atoms with Crippen molar-refractivity contribution in [3.8, 4) is 0 Å². The molecule has 0 bridgehead atoms. The standard InChI is InChI=1S/C19H29N5/c20-19-22-17-14-6-2-1-4-12(14)7-8-15(17)18(23-19)24-10-13-5-3-9-21-16(13)11-24/h12-14,16,21H,1-11H2,(H2,20,22,23)/t12-,13?,14+,16?/m0/s1. The van der Waals surface area contributed by atoms with E-state index in [0.717, 1.165) is 37.2 Å². The number of nitrogens with two attached hydrogens (primary N) is 1. The number of aromatic nitrogens is 2. The SMILES string of the molecule is Nc1nc2c(c(N3CC4CCCNC4C3)n1)CC[C@@H]1CCCC[C@@H]21. The number of rotatable bonds is 1. The van der Waals surface area contributed by atoms with Crippen LogP contribution in [0, 0.1) is 11.8 Å². The highest BCUT2D eigenvalue weighted by Crippen LogP contribution is 2.46. The van der Waals surface area contributed by atoms with Gasteiger partial charge in [-0.05, 0) is 56.9 Å². The summed E-state index contributed by atoms with van der Waals surface area (Å²) in [6.07, 6.45) is 10.5. The van der Waals surface area contributed by atoms with Crippen LogP contribution >= 0.6 is 0 Å². The van der Waals surface area contributed by atoms with Crippen LogP contribution in [0.15, 0.2) is 0 Å². The normalized spacial score (nSPS) is 35.2. The Bertz CT molecular complexity index is 616. The number of fused-ring (bicyclic) bond motifs is 4. The predicted octanol–water partition coefficient (Wildman–Crippen LogP) is 2.47. The maximum absolute atomic E-state index is 6.15. The summed E-state index contributed by atoms with van der Waals surface area (Å²) in [7, 11) is 0. The molecule has 2 aliphatic carbocycles. The average Bonchev–Trinajstić information content (AvgIpc) is 3.05. The second kappa shape index (κ2) is 5.87. The molecule has 2 unspecified atom stereocenters. The fourth-order valence-corrected chi connectivity index (χ4v) is 5.78. The Morgan fingerprint density at radius 2 is 1.83 bits per heavy atom. The van der Waals surface area contributed by atoms with Gasteiger partial charge in [-0.2, -0.15) is 4.98 Å². The van der Waals surface area contributed by atoms with E-state index in [2.05, 4.69) is 10.2 Å². The van der Waals surface area contributed by atoms with Crippen molar-refractivity contribution in [2.45, 2.75) is 63.3 Å². The average molecular weight is 327 g/mol. The van der Waals surface area contributed by atoms with Crippen molar-refractivity contribution < 1.29 is 0 Å². The van der Waals surface area contributed by atoms with Gasteiger partial charge < -0.3 is 16.0 Å². The lowest BCUT2D eigenvalue weighted by Gasteiger charge is -2.37. The zero-order valence-corrected chi connectivity index (χ0v) is 14.5. The van der Waals surface area contributed by atoms with Gasteiger partial charge in [-0.25, -0.2) is 4.98 Å². The molecule has 2 saturated heterocycles. The minimum absolute atomic E-state index is 0.484. The third-order valence-corrected chi connectivity index (χ3v) is 6.96. The first-order valence-corrected chi connectivity index (χ1v) is 9.94. The van der Waals surface area contributed by atoms with Gasteiger partial charge in [-0.15, -0.1) is 0 Å². The highest BCUT2D eigenvalue weighted by Gasteiger charge is 2.39. The zero-order chi connectivity index (χ0) is 16.1. The minimum Gasteiger partial charge on any atom is -0.368 e.